The van der Waals surface area contributed by atoms with Gasteiger partial charge in [-0.1, -0.05) is 32.0 Å². The van der Waals surface area contributed by atoms with Crippen molar-refractivity contribution in [2.75, 3.05) is 6.54 Å². The van der Waals surface area contributed by atoms with E-state index in [0.717, 1.165) is 29.3 Å². The molecule has 0 radical (unpaired) electrons. The Morgan fingerprint density at radius 2 is 2.00 bits per heavy atom. The molecule has 0 spiro atoms. The van der Waals surface area contributed by atoms with Crippen LogP contribution in [-0.4, -0.2) is 17.4 Å². The molecule has 0 saturated heterocycles. The van der Waals surface area contributed by atoms with E-state index in [2.05, 4.69) is 10.3 Å². The number of fused-ring (bicyclic) bond motifs is 1. The van der Waals surface area contributed by atoms with Crippen molar-refractivity contribution in [1.82, 2.24) is 10.3 Å². The first-order valence-electron chi connectivity index (χ1n) is 7.96. The quantitative estimate of drug-likeness (QED) is 0.861. The van der Waals surface area contributed by atoms with Crippen molar-refractivity contribution < 1.29 is 4.79 Å². The monoisotopic (exact) mass is 300 g/mol. The number of para-hydroxylation sites is 1. The minimum absolute atomic E-state index is 0.0672. The van der Waals surface area contributed by atoms with Crippen LogP contribution in [0.5, 0.6) is 0 Å². The van der Waals surface area contributed by atoms with Crippen LogP contribution in [0.4, 0.5) is 0 Å². The van der Waals surface area contributed by atoms with E-state index in [1.165, 1.54) is 0 Å². The number of benzene rings is 1. The number of hydrogen-bond donors (Lipinski definition) is 2. The SMILES string of the molecule is CCC(CC)C(=O)NCCc1cc2cccc(C)c2[nH]c1=O. The van der Waals surface area contributed by atoms with Crippen LogP contribution in [-0.2, 0) is 11.2 Å². The van der Waals surface area contributed by atoms with Crippen molar-refractivity contribution >= 4 is 16.8 Å². The molecule has 0 bridgehead atoms. The lowest BCUT2D eigenvalue weighted by molar-refractivity contribution is -0.125. The maximum absolute atomic E-state index is 12.1. The lowest BCUT2D eigenvalue weighted by Gasteiger charge is -2.12. The molecule has 0 saturated carbocycles. The zero-order valence-electron chi connectivity index (χ0n) is 13.5. The van der Waals surface area contributed by atoms with Gasteiger partial charge in [0.25, 0.3) is 5.56 Å². The molecule has 0 fully saturated rings. The highest BCUT2D eigenvalue weighted by Gasteiger charge is 2.13. The highest BCUT2D eigenvalue weighted by molar-refractivity contribution is 5.82. The molecule has 0 aliphatic heterocycles. The average Bonchev–Trinajstić information content (AvgIpc) is 2.50. The smallest absolute Gasteiger partial charge is 0.251 e. The van der Waals surface area contributed by atoms with Gasteiger partial charge in [-0.2, -0.15) is 0 Å². The lowest BCUT2D eigenvalue weighted by Crippen LogP contribution is -2.32. The number of H-pyrrole nitrogens is 1. The molecule has 4 nitrogen and oxygen atoms in total. The van der Waals surface area contributed by atoms with Gasteiger partial charge in [-0.05, 0) is 43.2 Å². The fourth-order valence-corrected chi connectivity index (χ4v) is 2.74. The summed E-state index contributed by atoms with van der Waals surface area (Å²) in [5.41, 5.74) is 2.59. The summed E-state index contributed by atoms with van der Waals surface area (Å²) < 4.78 is 0. The van der Waals surface area contributed by atoms with Gasteiger partial charge in [-0.15, -0.1) is 0 Å². The van der Waals surface area contributed by atoms with Gasteiger partial charge in [-0.3, -0.25) is 9.59 Å². The largest absolute Gasteiger partial charge is 0.356 e. The van der Waals surface area contributed by atoms with E-state index >= 15 is 0 Å². The van der Waals surface area contributed by atoms with E-state index in [-0.39, 0.29) is 17.4 Å². The Labute approximate surface area is 130 Å². The summed E-state index contributed by atoms with van der Waals surface area (Å²) >= 11 is 0. The number of carbonyl (C=O) groups is 1. The molecule has 2 rings (SSSR count). The molecular formula is C18H24N2O2. The Balaban J connectivity index is 2.08. The molecule has 0 aliphatic carbocycles. The summed E-state index contributed by atoms with van der Waals surface area (Å²) in [6.07, 6.45) is 2.24. The van der Waals surface area contributed by atoms with Gasteiger partial charge in [-0.25, -0.2) is 0 Å². The van der Waals surface area contributed by atoms with Crippen LogP contribution in [0.1, 0.15) is 37.8 Å². The fourth-order valence-electron chi connectivity index (χ4n) is 2.74. The van der Waals surface area contributed by atoms with Crippen molar-refractivity contribution in [3.8, 4) is 0 Å². The number of aromatic amines is 1. The maximum Gasteiger partial charge on any atom is 0.251 e. The second-order valence-corrected chi connectivity index (χ2v) is 5.72. The minimum Gasteiger partial charge on any atom is -0.356 e. The Bertz CT molecular complexity index is 715. The van der Waals surface area contributed by atoms with Crippen molar-refractivity contribution in [3.63, 3.8) is 0 Å². The summed E-state index contributed by atoms with van der Waals surface area (Å²) in [7, 11) is 0. The molecule has 0 atom stereocenters. The van der Waals surface area contributed by atoms with Crippen LogP contribution in [0, 0.1) is 12.8 Å². The van der Waals surface area contributed by atoms with Crippen LogP contribution < -0.4 is 10.9 Å². The minimum atomic E-state index is -0.0708. The summed E-state index contributed by atoms with van der Waals surface area (Å²) in [4.78, 5) is 27.0. The second kappa shape index (κ2) is 7.25. The maximum atomic E-state index is 12.1. The second-order valence-electron chi connectivity index (χ2n) is 5.72. The zero-order valence-corrected chi connectivity index (χ0v) is 13.5. The highest BCUT2D eigenvalue weighted by Crippen LogP contribution is 2.15. The number of carbonyl (C=O) groups excluding carboxylic acids is 1. The van der Waals surface area contributed by atoms with Gasteiger partial charge < -0.3 is 10.3 Å². The molecule has 0 aliphatic rings. The number of rotatable bonds is 6. The van der Waals surface area contributed by atoms with Crippen LogP contribution in [0.2, 0.25) is 0 Å². The molecule has 2 aromatic rings. The first kappa shape index (κ1) is 16.3. The third-order valence-electron chi connectivity index (χ3n) is 4.21. The standard InChI is InChI=1S/C18H24N2O2/c1-4-13(5-2)17(21)19-10-9-15-11-14-8-6-7-12(3)16(14)20-18(15)22/h6-8,11,13H,4-5,9-10H2,1-3H3,(H,19,21)(H,20,22). The molecule has 0 unspecified atom stereocenters. The van der Waals surface area contributed by atoms with E-state index in [1.807, 2.05) is 45.0 Å². The molecule has 1 heterocycles. The van der Waals surface area contributed by atoms with E-state index in [4.69, 9.17) is 0 Å². The van der Waals surface area contributed by atoms with Gasteiger partial charge in [0, 0.05) is 18.0 Å². The molecule has 22 heavy (non-hydrogen) atoms. The number of aromatic nitrogens is 1. The van der Waals surface area contributed by atoms with E-state index in [1.54, 1.807) is 0 Å². The molecule has 1 amide bonds. The average molecular weight is 300 g/mol. The highest BCUT2D eigenvalue weighted by atomic mass is 16.2. The van der Waals surface area contributed by atoms with Crippen LogP contribution in [0.25, 0.3) is 10.9 Å². The van der Waals surface area contributed by atoms with E-state index in [0.29, 0.717) is 18.5 Å². The summed E-state index contributed by atoms with van der Waals surface area (Å²) in [6.45, 7) is 6.51. The third kappa shape index (κ3) is 3.56. The summed E-state index contributed by atoms with van der Waals surface area (Å²) in [5, 5.41) is 3.96. The summed E-state index contributed by atoms with van der Waals surface area (Å²) in [5.74, 6) is 0.149. The molecule has 1 aromatic heterocycles. The first-order chi connectivity index (χ1) is 10.6. The number of nitrogens with one attached hydrogen (secondary N) is 2. The zero-order chi connectivity index (χ0) is 16.1. The predicted molar refractivity (Wildman–Crippen MR) is 90.1 cm³/mol. The molecular weight excluding hydrogens is 276 g/mol. The molecule has 2 N–H and O–H groups in total. The normalized spacial score (nSPS) is 11.1. The fraction of sp³-hybridized carbons (Fsp3) is 0.444. The van der Waals surface area contributed by atoms with Gasteiger partial charge in [0.1, 0.15) is 0 Å². The van der Waals surface area contributed by atoms with Gasteiger partial charge in [0.15, 0.2) is 0 Å². The first-order valence-corrected chi connectivity index (χ1v) is 7.96. The lowest BCUT2D eigenvalue weighted by atomic mass is 10.0. The van der Waals surface area contributed by atoms with Crippen LogP contribution in [0.15, 0.2) is 29.1 Å². The summed E-state index contributed by atoms with van der Waals surface area (Å²) in [6, 6.07) is 7.87. The Kier molecular flexibility index (Phi) is 5.36. The number of hydrogen-bond acceptors (Lipinski definition) is 2. The predicted octanol–water partition coefficient (Wildman–Crippen LogP) is 2.93. The van der Waals surface area contributed by atoms with Gasteiger partial charge in [0.2, 0.25) is 5.91 Å². The van der Waals surface area contributed by atoms with Crippen molar-refractivity contribution in [2.24, 2.45) is 5.92 Å². The Morgan fingerprint density at radius 3 is 2.68 bits per heavy atom. The third-order valence-corrected chi connectivity index (χ3v) is 4.21. The van der Waals surface area contributed by atoms with Crippen molar-refractivity contribution in [1.29, 1.82) is 0 Å². The molecule has 4 heteroatoms. The molecule has 1 aromatic carbocycles. The van der Waals surface area contributed by atoms with Gasteiger partial charge >= 0.3 is 0 Å². The van der Waals surface area contributed by atoms with Crippen LogP contribution >= 0.6 is 0 Å². The molecule has 118 valence electrons. The number of aryl methyl sites for hydroxylation is 1. The number of pyridine rings is 1. The van der Waals surface area contributed by atoms with Crippen molar-refractivity contribution in [3.05, 3.63) is 45.7 Å². The van der Waals surface area contributed by atoms with E-state index in [9.17, 15) is 9.59 Å². The van der Waals surface area contributed by atoms with Gasteiger partial charge in [0.05, 0.1) is 5.52 Å². The Morgan fingerprint density at radius 1 is 1.27 bits per heavy atom. The van der Waals surface area contributed by atoms with E-state index < -0.39 is 0 Å². The van der Waals surface area contributed by atoms with Crippen molar-refractivity contribution in [2.45, 2.75) is 40.0 Å². The topological polar surface area (TPSA) is 62.0 Å². The number of amides is 1. The van der Waals surface area contributed by atoms with Crippen LogP contribution in [0.3, 0.4) is 0 Å². The Hall–Kier alpha value is -2.10.